The first-order valence-electron chi connectivity index (χ1n) is 16.5. The van der Waals surface area contributed by atoms with Gasteiger partial charge in [-0.05, 0) is 43.3 Å². The highest BCUT2D eigenvalue weighted by molar-refractivity contribution is 8.00. The summed E-state index contributed by atoms with van der Waals surface area (Å²) in [7, 11) is 0. The molecule has 15 heteroatoms. The number of allylic oxidation sites excluding steroid dienone is 2. The predicted octanol–water partition coefficient (Wildman–Crippen LogP) is 7.29. The number of benzene rings is 3. The molecular weight excluding hydrogens is 726 g/mol. The first kappa shape index (κ1) is 39.5. The fourth-order valence-corrected chi connectivity index (χ4v) is 6.86. The molecule has 4 aromatic rings. The molecule has 0 radical (unpaired) electrons. The average molecular weight is 761 g/mol. The van der Waals surface area contributed by atoms with Gasteiger partial charge >= 0.3 is 12.1 Å². The van der Waals surface area contributed by atoms with Crippen molar-refractivity contribution in [3.05, 3.63) is 149 Å². The van der Waals surface area contributed by atoms with Gasteiger partial charge in [0.2, 0.25) is 0 Å². The molecule has 5 rings (SSSR count). The number of ether oxygens (including phenoxy) is 5. The minimum absolute atomic E-state index is 0.0339. The van der Waals surface area contributed by atoms with Crippen LogP contribution < -0.4 is 0 Å². The summed E-state index contributed by atoms with van der Waals surface area (Å²) >= 11 is 1.31. The number of carbonyl (C=O) groups is 2. The van der Waals surface area contributed by atoms with Crippen LogP contribution in [0.25, 0.3) is 6.08 Å². The number of esters is 1. The van der Waals surface area contributed by atoms with Gasteiger partial charge in [0.25, 0.3) is 0 Å². The number of halogens is 3. The molecule has 0 unspecified atom stereocenters. The molecule has 0 amide bonds. The highest BCUT2D eigenvalue weighted by Gasteiger charge is 2.47. The Labute approximate surface area is 313 Å². The Hall–Kier alpha value is -5.69. The van der Waals surface area contributed by atoms with Crippen LogP contribution in [0.5, 0.6) is 0 Å². The molecule has 11 nitrogen and oxygen atoms in total. The Kier molecular flexibility index (Phi) is 13.8. The fraction of sp³-hybridized carbons (Fsp3) is 0.256. The summed E-state index contributed by atoms with van der Waals surface area (Å²) in [6.45, 7) is 4.99. The van der Waals surface area contributed by atoms with Crippen molar-refractivity contribution in [2.45, 2.75) is 42.5 Å². The van der Waals surface area contributed by atoms with Crippen LogP contribution in [0.1, 0.15) is 39.5 Å². The number of hydrogen-bond donors (Lipinski definition) is 0. The molecule has 3 aromatic carbocycles. The molecular formula is C39H35F3N4O7S. The third kappa shape index (κ3) is 10.2. The van der Waals surface area contributed by atoms with Crippen LogP contribution in [-0.2, 0) is 42.4 Å². The van der Waals surface area contributed by atoms with E-state index in [9.17, 15) is 18.4 Å². The van der Waals surface area contributed by atoms with Crippen molar-refractivity contribution in [1.82, 2.24) is 14.8 Å². The van der Waals surface area contributed by atoms with Crippen molar-refractivity contribution in [3.8, 4) is 6.07 Å². The minimum atomic E-state index is -1.81. The van der Waals surface area contributed by atoms with Gasteiger partial charge in [-0.15, -0.1) is 11.8 Å². The third-order valence-corrected chi connectivity index (χ3v) is 9.60. The normalized spacial score (nSPS) is 17.4. The second-order valence-electron chi connectivity index (χ2n) is 11.8. The zero-order valence-corrected chi connectivity index (χ0v) is 29.8. The molecule has 1 aromatic heterocycles. The summed E-state index contributed by atoms with van der Waals surface area (Å²) in [5.41, 5.74) is -1.07. The number of nitrogens with zero attached hydrogens (tertiary/aromatic N) is 4. The van der Waals surface area contributed by atoms with Crippen molar-refractivity contribution < 1.29 is 46.4 Å². The predicted molar refractivity (Wildman–Crippen MR) is 192 cm³/mol. The van der Waals surface area contributed by atoms with Crippen molar-refractivity contribution >= 4 is 30.0 Å². The van der Waals surface area contributed by atoms with Gasteiger partial charge < -0.3 is 23.7 Å². The molecule has 2 heterocycles. The lowest BCUT2D eigenvalue weighted by atomic mass is 9.89. The van der Waals surface area contributed by atoms with E-state index in [1.807, 2.05) is 6.07 Å². The van der Waals surface area contributed by atoms with Crippen molar-refractivity contribution in [3.63, 3.8) is 0 Å². The lowest BCUT2D eigenvalue weighted by molar-refractivity contribution is -0.146. The lowest BCUT2D eigenvalue weighted by Crippen LogP contribution is -2.47. The van der Waals surface area contributed by atoms with Gasteiger partial charge in [-0.25, -0.2) is 32.4 Å². The van der Waals surface area contributed by atoms with E-state index in [2.05, 4.69) is 16.7 Å². The van der Waals surface area contributed by atoms with Gasteiger partial charge in [-0.1, -0.05) is 55.1 Å². The highest BCUT2D eigenvalue weighted by Crippen LogP contribution is 2.42. The minimum Gasteiger partial charge on any atom is -0.447 e. The molecule has 280 valence electrons. The van der Waals surface area contributed by atoms with Gasteiger partial charge in [-0.2, -0.15) is 10.4 Å². The molecule has 1 fully saturated rings. The smallest absolute Gasteiger partial charge is 0.447 e. The van der Waals surface area contributed by atoms with Gasteiger partial charge in [0.1, 0.15) is 43.3 Å². The Bertz CT molecular complexity index is 2030. The van der Waals surface area contributed by atoms with Crippen LogP contribution in [0.15, 0.2) is 104 Å². The molecule has 0 aliphatic carbocycles. The number of thioether (sulfide) groups is 1. The second-order valence-corrected chi connectivity index (χ2v) is 13.5. The van der Waals surface area contributed by atoms with Crippen LogP contribution in [0.2, 0.25) is 0 Å². The van der Waals surface area contributed by atoms with E-state index in [0.717, 1.165) is 12.1 Å². The highest BCUT2D eigenvalue weighted by atomic mass is 32.2. The number of hydrogen-bond acceptors (Lipinski definition) is 11. The molecule has 0 bridgehead atoms. The van der Waals surface area contributed by atoms with Crippen LogP contribution in [0.3, 0.4) is 0 Å². The SMILES string of the molecule is C=CCOC(=O)OCc1ccccc1C(=O)O[C@@](Cn1cncn1)(c1ccc(F)cc1F)[C@@H](C)S[C@H]1CO[C@H](/C=C/C=C/c2ccc(C#N)cc2F)OC1. The summed E-state index contributed by atoms with van der Waals surface area (Å²) in [6, 6.07) is 15.3. The fourth-order valence-electron chi connectivity index (χ4n) is 5.50. The van der Waals surface area contributed by atoms with Crippen molar-refractivity contribution in [1.29, 1.82) is 5.26 Å². The van der Waals surface area contributed by atoms with E-state index < -0.39 is 46.7 Å². The lowest BCUT2D eigenvalue weighted by Gasteiger charge is -2.40. The first-order chi connectivity index (χ1) is 26.1. The molecule has 0 N–H and O–H groups in total. The zero-order chi connectivity index (χ0) is 38.5. The van der Waals surface area contributed by atoms with Gasteiger partial charge in [0.15, 0.2) is 11.9 Å². The van der Waals surface area contributed by atoms with Crippen LogP contribution in [0, 0.1) is 28.8 Å². The Morgan fingerprint density at radius 1 is 1.09 bits per heavy atom. The van der Waals surface area contributed by atoms with Gasteiger partial charge in [0.05, 0.1) is 42.2 Å². The Morgan fingerprint density at radius 3 is 2.59 bits per heavy atom. The summed E-state index contributed by atoms with van der Waals surface area (Å²) in [4.78, 5) is 30.1. The topological polar surface area (TPSA) is 135 Å². The summed E-state index contributed by atoms with van der Waals surface area (Å²) in [5.74, 6) is -3.18. The number of carbonyl (C=O) groups excluding carboxylic acids is 2. The van der Waals surface area contributed by atoms with E-state index in [1.54, 1.807) is 49.4 Å². The first-order valence-corrected chi connectivity index (χ1v) is 17.5. The average Bonchev–Trinajstić information content (AvgIpc) is 3.68. The van der Waals surface area contributed by atoms with Crippen molar-refractivity contribution in [2.24, 2.45) is 0 Å². The molecule has 0 saturated carbocycles. The van der Waals surface area contributed by atoms with Crippen LogP contribution >= 0.6 is 11.8 Å². The zero-order valence-electron chi connectivity index (χ0n) is 29.0. The molecule has 54 heavy (non-hydrogen) atoms. The Morgan fingerprint density at radius 2 is 1.89 bits per heavy atom. The summed E-state index contributed by atoms with van der Waals surface area (Å²) in [6.07, 6.45) is 8.79. The third-order valence-electron chi connectivity index (χ3n) is 8.16. The van der Waals surface area contributed by atoms with E-state index in [1.165, 1.54) is 59.4 Å². The molecule has 2 atom stereocenters. The molecule has 1 saturated heterocycles. The van der Waals surface area contributed by atoms with E-state index in [4.69, 9.17) is 28.9 Å². The van der Waals surface area contributed by atoms with E-state index in [0.29, 0.717) is 11.6 Å². The van der Waals surface area contributed by atoms with Gasteiger partial charge in [-0.3, -0.25) is 0 Å². The monoisotopic (exact) mass is 760 g/mol. The Balaban J connectivity index is 1.36. The second kappa shape index (κ2) is 18.9. The maximum Gasteiger partial charge on any atom is 0.508 e. The largest absolute Gasteiger partial charge is 0.508 e. The van der Waals surface area contributed by atoms with Gasteiger partial charge in [0, 0.05) is 28.0 Å². The van der Waals surface area contributed by atoms with Crippen LogP contribution in [-0.4, -0.2) is 63.5 Å². The quantitative estimate of drug-likeness (QED) is 0.0687. The summed E-state index contributed by atoms with van der Waals surface area (Å²) in [5, 5.41) is 12.1. The number of aromatic nitrogens is 3. The maximum atomic E-state index is 15.9. The standard InChI is InChI=1S/C39H35F3N4O7S/c1-3-16-49-38(48)52-20-29-9-4-6-10-32(29)37(47)53-39(23-46-25-44-24-45-46,33-15-14-30(40)18-35(33)42)26(2)54-31-21-50-36(51-22-31)11-7-5-8-28-13-12-27(19-43)17-34(28)41/h3-15,17-18,24-26,31,36H,1,16,20-23H2,2H3/b8-5+,11-7+/t26-,31-,36-,39-/m1/s1. The molecule has 0 spiro atoms. The summed E-state index contributed by atoms with van der Waals surface area (Å²) < 4.78 is 73.9. The van der Waals surface area contributed by atoms with Crippen LogP contribution in [0.4, 0.5) is 18.0 Å². The van der Waals surface area contributed by atoms with Crippen molar-refractivity contribution in [2.75, 3.05) is 19.8 Å². The maximum absolute atomic E-state index is 15.9. The van der Waals surface area contributed by atoms with E-state index >= 15 is 4.39 Å². The number of rotatable bonds is 15. The molecule has 1 aliphatic rings. The van der Waals surface area contributed by atoms with E-state index in [-0.39, 0.29) is 60.5 Å². The number of nitriles is 1. The molecule has 1 aliphatic heterocycles.